The van der Waals surface area contributed by atoms with Crippen LogP contribution in [0.3, 0.4) is 0 Å². The highest BCUT2D eigenvalue weighted by molar-refractivity contribution is 7.99. The summed E-state index contributed by atoms with van der Waals surface area (Å²) in [6, 6.07) is 4.58. The van der Waals surface area contributed by atoms with Crippen LogP contribution in [0.5, 0.6) is 0 Å². The van der Waals surface area contributed by atoms with Gasteiger partial charge in [0.05, 0.1) is 4.90 Å². The summed E-state index contributed by atoms with van der Waals surface area (Å²) >= 11 is 1.12. The lowest BCUT2D eigenvalue weighted by Gasteiger charge is -2.10. The van der Waals surface area contributed by atoms with Crippen LogP contribution in [-0.4, -0.2) is 14.8 Å². The normalized spacial score (nSPS) is 12.9. The first-order chi connectivity index (χ1) is 9.40. The van der Waals surface area contributed by atoms with Gasteiger partial charge in [0.2, 0.25) is 0 Å². The zero-order valence-electron chi connectivity index (χ0n) is 11.6. The Bertz CT molecular complexity index is 663. The van der Waals surface area contributed by atoms with Gasteiger partial charge in [-0.05, 0) is 50.2 Å². The van der Waals surface area contributed by atoms with E-state index in [2.05, 4.69) is 10.2 Å². The molecule has 0 bridgehead atoms. The highest BCUT2D eigenvalue weighted by Gasteiger charge is 2.15. The van der Waals surface area contributed by atoms with Gasteiger partial charge in [0.1, 0.15) is 5.82 Å². The van der Waals surface area contributed by atoms with Crippen LogP contribution in [-0.2, 0) is 0 Å². The Balaban J connectivity index is 2.34. The van der Waals surface area contributed by atoms with E-state index >= 15 is 0 Å². The van der Waals surface area contributed by atoms with E-state index in [1.807, 2.05) is 13.8 Å². The van der Waals surface area contributed by atoms with Crippen LogP contribution in [0, 0.1) is 5.82 Å². The van der Waals surface area contributed by atoms with Crippen molar-refractivity contribution in [2.24, 2.45) is 5.73 Å². The molecule has 0 aliphatic rings. The van der Waals surface area contributed by atoms with Crippen molar-refractivity contribution in [1.29, 1.82) is 0 Å². The minimum absolute atomic E-state index is 0.0462. The number of aromatic nitrogens is 3. The fraction of sp³-hybridized carbons (Fsp3) is 0.385. The molecule has 1 aromatic carbocycles. The molecule has 0 unspecified atom stereocenters. The topological polar surface area (TPSA) is 76.7 Å². The Hall–Kier alpha value is -1.60. The van der Waals surface area contributed by atoms with Gasteiger partial charge in [-0.3, -0.25) is 4.57 Å². The molecule has 108 valence electrons. The summed E-state index contributed by atoms with van der Waals surface area (Å²) in [5, 5.41) is 6.75. The molecule has 0 aliphatic heterocycles. The quantitative estimate of drug-likeness (QED) is 0.908. The van der Waals surface area contributed by atoms with Crippen molar-refractivity contribution in [3.63, 3.8) is 0 Å². The third-order valence-corrected chi connectivity index (χ3v) is 3.89. The standard InChI is InChI=1S/C13H17FN4OS/c1-7(2)18-12(19)16-17-13(18)20-11-5-4-9(8(3)15)6-10(11)14/h4-8H,15H2,1-3H3,(H,16,19)/t8-/m1/s1. The van der Waals surface area contributed by atoms with E-state index in [1.165, 1.54) is 10.6 Å². The summed E-state index contributed by atoms with van der Waals surface area (Å²) in [6.45, 7) is 5.54. The molecule has 0 amide bonds. The fourth-order valence-corrected chi connectivity index (χ4v) is 2.77. The molecule has 1 heterocycles. The second-order valence-corrected chi connectivity index (χ2v) is 5.86. The van der Waals surface area contributed by atoms with Gasteiger partial charge >= 0.3 is 5.69 Å². The van der Waals surface area contributed by atoms with Gasteiger partial charge in [-0.25, -0.2) is 14.3 Å². The highest BCUT2D eigenvalue weighted by atomic mass is 32.2. The third kappa shape index (κ3) is 2.94. The van der Waals surface area contributed by atoms with Gasteiger partial charge in [0.15, 0.2) is 5.16 Å². The van der Waals surface area contributed by atoms with E-state index < -0.39 is 0 Å². The van der Waals surface area contributed by atoms with Crippen molar-refractivity contribution in [1.82, 2.24) is 14.8 Å². The maximum Gasteiger partial charge on any atom is 0.344 e. The number of nitrogens with zero attached hydrogens (tertiary/aromatic N) is 2. The lowest BCUT2D eigenvalue weighted by atomic mass is 10.1. The van der Waals surface area contributed by atoms with Gasteiger partial charge in [-0.2, -0.15) is 0 Å². The maximum absolute atomic E-state index is 14.0. The second kappa shape index (κ2) is 5.80. The van der Waals surface area contributed by atoms with E-state index in [4.69, 9.17) is 5.73 Å². The van der Waals surface area contributed by atoms with E-state index in [9.17, 15) is 9.18 Å². The molecule has 1 aromatic heterocycles. The van der Waals surface area contributed by atoms with Crippen molar-refractivity contribution >= 4 is 11.8 Å². The van der Waals surface area contributed by atoms with E-state index in [0.717, 1.165) is 17.3 Å². The highest BCUT2D eigenvalue weighted by Crippen LogP contribution is 2.30. The molecule has 2 aromatic rings. The Labute approximate surface area is 120 Å². The predicted octanol–water partition coefficient (Wildman–Crippen LogP) is 2.46. The Morgan fingerprint density at radius 2 is 2.10 bits per heavy atom. The van der Waals surface area contributed by atoms with Crippen LogP contribution in [0.15, 0.2) is 33.0 Å². The average Bonchev–Trinajstić information content (AvgIpc) is 2.72. The molecular formula is C13H17FN4OS. The van der Waals surface area contributed by atoms with Gasteiger partial charge < -0.3 is 5.73 Å². The minimum Gasteiger partial charge on any atom is -0.324 e. The average molecular weight is 296 g/mol. The fourth-order valence-electron chi connectivity index (χ4n) is 1.80. The molecule has 0 saturated heterocycles. The summed E-state index contributed by atoms with van der Waals surface area (Å²) < 4.78 is 15.5. The molecule has 0 fully saturated rings. The molecule has 3 N–H and O–H groups in total. The number of hydrogen-bond acceptors (Lipinski definition) is 4. The molecule has 5 nitrogen and oxygen atoms in total. The van der Waals surface area contributed by atoms with Crippen molar-refractivity contribution in [2.45, 2.75) is 42.9 Å². The zero-order valence-corrected chi connectivity index (χ0v) is 12.4. The Morgan fingerprint density at radius 3 is 2.65 bits per heavy atom. The first-order valence-corrected chi connectivity index (χ1v) is 7.11. The summed E-state index contributed by atoms with van der Waals surface area (Å²) in [5.41, 5.74) is 6.15. The number of H-pyrrole nitrogens is 1. The van der Waals surface area contributed by atoms with Crippen molar-refractivity contribution < 1.29 is 4.39 Å². The van der Waals surface area contributed by atoms with Crippen molar-refractivity contribution in [3.05, 3.63) is 40.1 Å². The van der Waals surface area contributed by atoms with Crippen molar-refractivity contribution in [2.75, 3.05) is 0 Å². The second-order valence-electron chi connectivity index (χ2n) is 4.86. The lowest BCUT2D eigenvalue weighted by Crippen LogP contribution is -2.19. The Kier molecular flexibility index (Phi) is 4.29. The summed E-state index contributed by atoms with van der Waals surface area (Å²) in [4.78, 5) is 12.0. The van der Waals surface area contributed by atoms with Crippen LogP contribution in [0.25, 0.3) is 0 Å². The summed E-state index contributed by atoms with van der Waals surface area (Å²) in [5.74, 6) is -0.365. The first-order valence-electron chi connectivity index (χ1n) is 6.30. The van der Waals surface area contributed by atoms with E-state index in [1.54, 1.807) is 19.1 Å². The van der Waals surface area contributed by atoms with Crippen LogP contribution in [0.1, 0.15) is 38.4 Å². The third-order valence-electron chi connectivity index (χ3n) is 2.87. The van der Waals surface area contributed by atoms with Crippen LogP contribution < -0.4 is 11.4 Å². The van der Waals surface area contributed by atoms with Crippen molar-refractivity contribution in [3.8, 4) is 0 Å². The number of rotatable bonds is 4. The maximum atomic E-state index is 14.0. The smallest absolute Gasteiger partial charge is 0.324 e. The molecular weight excluding hydrogens is 279 g/mol. The summed E-state index contributed by atoms with van der Waals surface area (Å²) in [6.07, 6.45) is 0. The first kappa shape index (κ1) is 14.8. The molecule has 2 rings (SSSR count). The van der Waals surface area contributed by atoms with Gasteiger partial charge in [-0.1, -0.05) is 6.07 Å². The van der Waals surface area contributed by atoms with E-state index in [-0.39, 0.29) is 23.6 Å². The molecule has 0 spiro atoms. The number of aromatic amines is 1. The Morgan fingerprint density at radius 1 is 1.40 bits per heavy atom. The van der Waals surface area contributed by atoms with Crippen LogP contribution >= 0.6 is 11.8 Å². The van der Waals surface area contributed by atoms with Crippen LogP contribution in [0.2, 0.25) is 0 Å². The number of halogens is 1. The van der Waals surface area contributed by atoms with Gasteiger partial charge in [-0.15, -0.1) is 5.10 Å². The monoisotopic (exact) mass is 296 g/mol. The molecule has 0 saturated carbocycles. The SMILES string of the molecule is CC(C)n1c(Sc2ccc([C@@H](C)N)cc2F)n[nH]c1=O. The molecule has 0 aliphatic carbocycles. The number of benzene rings is 1. The molecule has 20 heavy (non-hydrogen) atoms. The minimum atomic E-state index is -0.365. The molecule has 7 heteroatoms. The number of nitrogens with two attached hydrogens (primary N) is 1. The number of hydrogen-bond donors (Lipinski definition) is 2. The predicted molar refractivity (Wildman–Crippen MR) is 76.4 cm³/mol. The molecule has 1 atom stereocenters. The van der Waals surface area contributed by atoms with Crippen LogP contribution in [0.4, 0.5) is 4.39 Å². The zero-order chi connectivity index (χ0) is 14.9. The largest absolute Gasteiger partial charge is 0.344 e. The molecule has 0 radical (unpaired) electrons. The lowest BCUT2D eigenvalue weighted by molar-refractivity contribution is 0.533. The number of nitrogens with one attached hydrogen (secondary N) is 1. The van der Waals surface area contributed by atoms with E-state index in [0.29, 0.717) is 10.1 Å². The summed E-state index contributed by atoms with van der Waals surface area (Å²) in [7, 11) is 0. The van der Waals surface area contributed by atoms with Gasteiger partial charge in [0, 0.05) is 12.1 Å². The van der Waals surface area contributed by atoms with Gasteiger partial charge in [0.25, 0.3) is 0 Å².